The SMILES string of the molecule is C/C=C/CCNS(=O)(=O)c1ccc(CN)o1. The quantitative estimate of drug-likeness (QED) is 0.577. The highest BCUT2D eigenvalue weighted by atomic mass is 32.2. The molecule has 0 aliphatic heterocycles. The van der Waals surface area contributed by atoms with E-state index >= 15 is 0 Å². The van der Waals surface area contributed by atoms with Crippen LogP contribution in [-0.4, -0.2) is 15.0 Å². The molecule has 0 bridgehead atoms. The van der Waals surface area contributed by atoms with Crippen LogP contribution in [0.2, 0.25) is 0 Å². The number of nitrogens with two attached hydrogens (primary N) is 1. The predicted octanol–water partition coefficient (Wildman–Crippen LogP) is 0.983. The van der Waals surface area contributed by atoms with Crippen LogP contribution in [-0.2, 0) is 16.6 Å². The van der Waals surface area contributed by atoms with Crippen molar-refractivity contribution in [2.45, 2.75) is 25.0 Å². The first-order chi connectivity index (χ1) is 7.60. The number of nitrogens with one attached hydrogen (secondary N) is 1. The lowest BCUT2D eigenvalue weighted by molar-refractivity contribution is 0.413. The topological polar surface area (TPSA) is 85.3 Å². The Morgan fingerprint density at radius 2 is 2.25 bits per heavy atom. The number of sulfonamides is 1. The second kappa shape index (κ2) is 5.83. The van der Waals surface area contributed by atoms with Crippen LogP contribution in [0.15, 0.2) is 33.8 Å². The molecule has 0 saturated carbocycles. The number of allylic oxidation sites excluding steroid dienone is 1. The Labute approximate surface area is 95.4 Å². The van der Waals surface area contributed by atoms with Gasteiger partial charge in [0, 0.05) is 6.54 Å². The second-order valence-corrected chi connectivity index (χ2v) is 4.88. The summed E-state index contributed by atoms with van der Waals surface area (Å²) in [5.74, 6) is 0.453. The van der Waals surface area contributed by atoms with E-state index in [1.54, 1.807) is 6.07 Å². The summed E-state index contributed by atoms with van der Waals surface area (Å²) < 4.78 is 30.8. The molecular formula is C10H16N2O3S. The minimum absolute atomic E-state index is 0.0894. The summed E-state index contributed by atoms with van der Waals surface area (Å²) in [5.41, 5.74) is 5.33. The predicted molar refractivity (Wildman–Crippen MR) is 61.2 cm³/mol. The minimum Gasteiger partial charge on any atom is -0.447 e. The van der Waals surface area contributed by atoms with Crippen LogP contribution in [0.5, 0.6) is 0 Å². The third-order valence-electron chi connectivity index (χ3n) is 1.94. The third kappa shape index (κ3) is 3.48. The molecule has 0 aliphatic rings. The summed E-state index contributed by atoms with van der Waals surface area (Å²) in [7, 11) is -3.54. The van der Waals surface area contributed by atoms with Gasteiger partial charge in [-0.15, -0.1) is 0 Å². The highest BCUT2D eigenvalue weighted by Crippen LogP contribution is 2.12. The molecule has 0 amide bonds. The van der Waals surface area contributed by atoms with Gasteiger partial charge in [0.2, 0.25) is 5.09 Å². The molecule has 0 spiro atoms. The zero-order valence-corrected chi connectivity index (χ0v) is 9.96. The van der Waals surface area contributed by atoms with Crippen LogP contribution in [0, 0.1) is 0 Å². The molecule has 16 heavy (non-hydrogen) atoms. The zero-order chi connectivity index (χ0) is 12.0. The van der Waals surface area contributed by atoms with Gasteiger partial charge in [-0.2, -0.15) is 0 Å². The number of hydrogen-bond donors (Lipinski definition) is 2. The van der Waals surface area contributed by atoms with E-state index in [9.17, 15) is 8.42 Å². The summed E-state index contributed by atoms with van der Waals surface area (Å²) in [5, 5.41) is -0.0894. The zero-order valence-electron chi connectivity index (χ0n) is 9.14. The molecule has 1 aromatic rings. The Morgan fingerprint density at radius 3 is 2.81 bits per heavy atom. The van der Waals surface area contributed by atoms with Crippen molar-refractivity contribution in [3.8, 4) is 0 Å². The normalized spacial score (nSPS) is 12.4. The molecule has 1 heterocycles. The first kappa shape index (κ1) is 13.0. The average Bonchev–Trinajstić information content (AvgIpc) is 2.73. The fourth-order valence-electron chi connectivity index (χ4n) is 1.13. The summed E-state index contributed by atoms with van der Waals surface area (Å²) in [6.45, 7) is 2.42. The molecule has 3 N–H and O–H groups in total. The second-order valence-electron chi connectivity index (χ2n) is 3.18. The number of rotatable bonds is 6. The van der Waals surface area contributed by atoms with Gasteiger partial charge in [0.05, 0.1) is 6.54 Å². The van der Waals surface area contributed by atoms with E-state index in [1.165, 1.54) is 6.07 Å². The molecule has 0 radical (unpaired) electrons. The van der Waals surface area contributed by atoms with Crippen LogP contribution >= 0.6 is 0 Å². The maximum atomic E-state index is 11.7. The van der Waals surface area contributed by atoms with Crippen LogP contribution in [0.1, 0.15) is 19.1 Å². The molecule has 0 aromatic carbocycles. The Kier molecular flexibility index (Phi) is 4.72. The van der Waals surface area contributed by atoms with Crippen LogP contribution in [0.25, 0.3) is 0 Å². The highest BCUT2D eigenvalue weighted by molar-refractivity contribution is 7.89. The van der Waals surface area contributed by atoms with Crippen molar-refractivity contribution < 1.29 is 12.8 Å². The summed E-state index contributed by atoms with van der Waals surface area (Å²) >= 11 is 0. The van der Waals surface area contributed by atoms with Gasteiger partial charge in [-0.1, -0.05) is 12.2 Å². The number of hydrogen-bond acceptors (Lipinski definition) is 4. The maximum absolute atomic E-state index is 11.7. The molecule has 0 unspecified atom stereocenters. The Morgan fingerprint density at radius 1 is 1.50 bits per heavy atom. The van der Waals surface area contributed by atoms with Crippen molar-refractivity contribution in [1.29, 1.82) is 0 Å². The van der Waals surface area contributed by atoms with Crippen molar-refractivity contribution in [3.63, 3.8) is 0 Å². The lowest BCUT2D eigenvalue weighted by atomic mass is 10.4. The largest absolute Gasteiger partial charge is 0.447 e. The fraction of sp³-hybridized carbons (Fsp3) is 0.400. The van der Waals surface area contributed by atoms with E-state index < -0.39 is 10.0 Å². The van der Waals surface area contributed by atoms with Gasteiger partial charge in [-0.05, 0) is 25.5 Å². The van der Waals surface area contributed by atoms with Crippen LogP contribution in [0.4, 0.5) is 0 Å². The summed E-state index contributed by atoms with van der Waals surface area (Å²) in [6.07, 6.45) is 4.41. The standard InChI is InChI=1S/C10H16N2O3S/c1-2-3-4-7-12-16(13,14)10-6-5-9(8-11)15-10/h2-3,5-6,12H,4,7-8,11H2,1H3/b3-2+. The molecule has 0 saturated heterocycles. The highest BCUT2D eigenvalue weighted by Gasteiger charge is 2.17. The summed E-state index contributed by atoms with van der Waals surface area (Å²) in [6, 6.07) is 2.96. The molecule has 5 nitrogen and oxygen atoms in total. The molecule has 0 aliphatic carbocycles. The minimum atomic E-state index is -3.54. The molecule has 1 aromatic heterocycles. The lowest BCUT2D eigenvalue weighted by Gasteiger charge is -2.01. The van der Waals surface area contributed by atoms with Crippen molar-refractivity contribution in [2.24, 2.45) is 5.73 Å². The monoisotopic (exact) mass is 244 g/mol. The van der Waals surface area contributed by atoms with Crippen molar-refractivity contribution in [2.75, 3.05) is 6.54 Å². The van der Waals surface area contributed by atoms with E-state index in [0.717, 1.165) is 0 Å². The van der Waals surface area contributed by atoms with Gasteiger partial charge in [0.25, 0.3) is 10.0 Å². The van der Waals surface area contributed by atoms with Gasteiger partial charge in [0.15, 0.2) is 0 Å². The molecule has 0 atom stereocenters. The first-order valence-electron chi connectivity index (χ1n) is 4.99. The average molecular weight is 244 g/mol. The van der Waals surface area contributed by atoms with E-state index in [0.29, 0.717) is 18.7 Å². The molecular weight excluding hydrogens is 228 g/mol. The van der Waals surface area contributed by atoms with E-state index in [-0.39, 0.29) is 11.6 Å². The molecule has 0 fully saturated rings. The van der Waals surface area contributed by atoms with Gasteiger partial charge in [0.1, 0.15) is 5.76 Å². The van der Waals surface area contributed by atoms with E-state index in [1.807, 2.05) is 19.1 Å². The molecule has 1 rings (SSSR count). The first-order valence-corrected chi connectivity index (χ1v) is 6.48. The van der Waals surface area contributed by atoms with Crippen molar-refractivity contribution in [3.05, 3.63) is 30.0 Å². The fourth-order valence-corrected chi connectivity index (χ4v) is 2.12. The Balaban J connectivity index is 2.63. The van der Waals surface area contributed by atoms with Crippen molar-refractivity contribution in [1.82, 2.24) is 4.72 Å². The molecule has 90 valence electrons. The van der Waals surface area contributed by atoms with Crippen LogP contribution in [0.3, 0.4) is 0 Å². The van der Waals surface area contributed by atoms with Gasteiger partial charge < -0.3 is 10.2 Å². The van der Waals surface area contributed by atoms with Gasteiger partial charge >= 0.3 is 0 Å². The Hall–Kier alpha value is -1.11. The smallest absolute Gasteiger partial charge is 0.273 e. The third-order valence-corrected chi connectivity index (χ3v) is 3.28. The van der Waals surface area contributed by atoms with Gasteiger partial charge in [-0.25, -0.2) is 13.1 Å². The van der Waals surface area contributed by atoms with E-state index in [4.69, 9.17) is 10.2 Å². The van der Waals surface area contributed by atoms with Crippen molar-refractivity contribution >= 4 is 10.0 Å². The molecule has 6 heteroatoms. The lowest BCUT2D eigenvalue weighted by Crippen LogP contribution is -2.24. The summed E-state index contributed by atoms with van der Waals surface area (Å²) in [4.78, 5) is 0. The maximum Gasteiger partial charge on any atom is 0.273 e. The van der Waals surface area contributed by atoms with E-state index in [2.05, 4.69) is 4.72 Å². The van der Waals surface area contributed by atoms with Crippen LogP contribution < -0.4 is 10.5 Å². The van der Waals surface area contributed by atoms with Gasteiger partial charge in [-0.3, -0.25) is 0 Å². The Bertz CT molecular complexity index is 448. The number of furan rings is 1.